The van der Waals surface area contributed by atoms with E-state index in [-0.39, 0.29) is 11.5 Å². The summed E-state index contributed by atoms with van der Waals surface area (Å²) in [5.41, 5.74) is -0.239. The molecule has 1 aromatic heterocycles. The zero-order valence-electron chi connectivity index (χ0n) is 21.0. The van der Waals surface area contributed by atoms with E-state index in [1.807, 2.05) is 35.8 Å². The number of fused-ring (bicyclic) bond motifs is 3. The van der Waals surface area contributed by atoms with E-state index in [0.717, 1.165) is 16.5 Å². The SMILES string of the molecule is C#C[C@@]1(C)CC(C(=O)OC)(C(=O)OC)c2c(CCO[Si](C)(C)C(C)(C)C)c3ccccc3n21. The van der Waals surface area contributed by atoms with Gasteiger partial charge in [0.05, 0.1) is 19.9 Å². The number of aromatic nitrogens is 1. The van der Waals surface area contributed by atoms with Gasteiger partial charge in [0.1, 0.15) is 5.54 Å². The monoisotopic (exact) mass is 469 g/mol. The number of esters is 2. The average Bonchev–Trinajstić information content (AvgIpc) is 3.24. The number of hydrogen-bond donors (Lipinski definition) is 0. The van der Waals surface area contributed by atoms with Crippen LogP contribution in [0.5, 0.6) is 0 Å². The van der Waals surface area contributed by atoms with Crippen molar-refractivity contribution in [3.8, 4) is 12.3 Å². The molecule has 178 valence electrons. The lowest BCUT2D eigenvalue weighted by molar-refractivity contribution is -0.162. The molecule has 2 heterocycles. The predicted octanol–water partition coefficient (Wildman–Crippen LogP) is 4.54. The minimum atomic E-state index is -1.98. The summed E-state index contributed by atoms with van der Waals surface area (Å²) < 4.78 is 18.7. The Morgan fingerprint density at radius 1 is 1.15 bits per heavy atom. The normalized spacial score (nSPS) is 19.7. The Bertz CT molecular complexity index is 1120. The average molecular weight is 470 g/mol. The molecule has 0 fully saturated rings. The summed E-state index contributed by atoms with van der Waals surface area (Å²) in [6.45, 7) is 13.3. The van der Waals surface area contributed by atoms with E-state index in [9.17, 15) is 9.59 Å². The molecular weight excluding hydrogens is 434 g/mol. The number of methoxy groups -OCH3 is 2. The topological polar surface area (TPSA) is 66.8 Å². The molecule has 6 nitrogen and oxygen atoms in total. The highest BCUT2D eigenvalue weighted by molar-refractivity contribution is 6.74. The number of carbonyl (C=O) groups excluding carboxylic acids is 2. The molecule has 33 heavy (non-hydrogen) atoms. The van der Waals surface area contributed by atoms with Gasteiger partial charge < -0.3 is 18.5 Å². The van der Waals surface area contributed by atoms with Crippen LogP contribution < -0.4 is 0 Å². The van der Waals surface area contributed by atoms with Gasteiger partial charge in [0.15, 0.2) is 8.32 Å². The van der Waals surface area contributed by atoms with Crippen LogP contribution in [0.3, 0.4) is 0 Å². The van der Waals surface area contributed by atoms with Crippen molar-refractivity contribution >= 4 is 31.2 Å². The Hall–Kier alpha value is -2.56. The first kappa shape index (κ1) is 25.1. The van der Waals surface area contributed by atoms with E-state index in [4.69, 9.17) is 20.3 Å². The van der Waals surface area contributed by atoms with Crippen molar-refractivity contribution in [1.29, 1.82) is 0 Å². The largest absolute Gasteiger partial charge is 0.468 e. The molecule has 0 N–H and O–H groups in total. The van der Waals surface area contributed by atoms with Gasteiger partial charge in [-0.3, -0.25) is 9.59 Å². The molecule has 7 heteroatoms. The molecule has 0 spiro atoms. The number of ether oxygens (including phenoxy) is 2. The second-order valence-corrected chi connectivity index (χ2v) is 15.3. The lowest BCUT2D eigenvalue weighted by Gasteiger charge is -2.36. The van der Waals surface area contributed by atoms with Crippen LogP contribution >= 0.6 is 0 Å². The van der Waals surface area contributed by atoms with Crippen molar-refractivity contribution in [3.05, 3.63) is 35.5 Å². The second-order valence-electron chi connectivity index (χ2n) is 10.5. The molecule has 0 radical (unpaired) electrons. The summed E-state index contributed by atoms with van der Waals surface area (Å²) in [5.74, 6) is 1.51. The number of hydrogen-bond acceptors (Lipinski definition) is 5. The fourth-order valence-corrected chi connectivity index (χ4v) is 5.76. The van der Waals surface area contributed by atoms with Gasteiger partial charge in [0, 0.05) is 23.9 Å². The number of terminal acetylenes is 1. The number of carbonyl (C=O) groups is 2. The zero-order chi connectivity index (χ0) is 24.8. The third-order valence-corrected chi connectivity index (χ3v) is 12.0. The van der Waals surface area contributed by atoms with Gasteiger partial charge in [0.25, 0.3) is 0 Å². The molecule has 1 atom stereocenters. The number of benzene rings is 1. The van der Waals surface area contributed by atoms with Crippen LogP contribution in [0.1, 0.15) is 45.4 Å². The van der Waals surface area contributed by atoms with Gasteiger partial charge in [-0.1, -0.05) is 44.9 Å². The zero-order valence-corrected chi connectivity index (χ0v) is 22.0. The summed E-state index contributed by atoms with van der Waals surface area (Å²) in [4.78, 5) is 26.5. The Kier molecular flexibility index (Phi) is 6.33. The number of nitrogens with zero attached hydrogens (tertiary/aromatic N) is 1. The van der Waals surface area contributed by atoms with E-state index in [2.05, 4.69) is 39.8 Å². The lowest BCUT2D eigenvalue weighted by atomic mass is 9.76. The molecular formula is C26H35NO5Si. The van der Waals surface area contributed by atoms with Crippen LogP contribution in [0.4, 0.5) is 0 Å². The highest BCUT2D eigenvalue weighted by Crippen LogP contribution is 2.51. The van der Waals surface area contributed by atoms with Gasteiger partial charge in [-0.25, -0.2) is 0 Å². The van der Waals surface area contributed by atoms with Gasteiger partial charge in [-0.15, -0.1) is 6.42 Å². The van der Waals surface area contributed by atoms with E-state index in [1.165, 1.54) is 14.2 Å². The Morgan fingerprint density at radius 3 is 2.24 bits per heavy atom. The third kappa shape index (κ3) is 3.70. The van der Waals surface area contributed by atoms with Crippen LogP contribution in [0.15, 0.2) is 24.3 Å². The van der Waals surface area contributed by atoms with Crippen molar-refractivity contribution in [2.75, 3.05) is 20.8 Å². The summed E-state index contributed by atoms with van der Waals surface area (Å²) in [6, 6.07) is 7.84. The second kappa shape index (κ2) is 8.34. The van der Waals surface area contributed by atoms with Gasteiger partial charge in [-0.05, 0) is 43.1 Å². The first-order valence-electron chi connectivity index (χ1n) is 11.2. The van der Waals surface area contributed by atoms with Crippen molar-refractivity contribution in [1.82, 2.24) is 4.57 Å². The molecule has 0 bridgehead atoms. The van der Waals surface area contributed by atoms with E-state index < -0.39 is 31.2 Å². The Labute approximate surface area is 197 Å². The fourth-order valence-electron chi connectivity index (χ4n) is 4.71. The van der Waals surface area contributed by atoms with E-state index >= 15 is 0 Å². The molecule has 0 aliphatic carbocycles. The maximum atomic E-state index is 13.3. The first-order chi connectivity index (χ1) is 15.3. The molecule has 1 aliphatic rings. The predicted molar refractivity (Wildman–Crippen MR) is 132 cm³/mol. The van der Waals surface area contributed by atoms with Crippen molar-refractivity contribution < 1.29 is 23.5 Å². The third-order valence-electron chi connectivity index (χ3n) is 7.49. The summed E-state index contributed by atoms with van der Waals surface area (Å²) >= 11 is 0. The van der Waals surface area contributed by atoms with Crippen molar-refractivity contribution in [2.24, 2.45) is 0 Å². The summed E-state index contributed by atoms with van der Waals surface area (Å²) in [5, 5.41) is 1.02. The molecule has 0 saturated carbocycles. The maximum absolute atomic E-state index is 13.3. The van der Waals surface area contributed by atoms with Crippen LogP contribution in [0, 0.1) is 12.3 Å². The summed E-state index contributed by atoms with van der Waals surface area (Å²) in [7, 11) is 0.585. The molecule has 1 aliphatic heterocycles. The minimum Gasteiger partial charge on any atom is -0.468 e. The van der Waals surface area contributed by atoms with Crippen LogP contribution in [0.25, 0.3) is 10.9 Å². The van der Waals surface area contributed by atoms with E-state index in [0.29, 0.717) is 18.7 Å². The lowest BCUT2D eigenvalue weighted by Crippen LogP contribution is -2.45. The molecule has 0 amide bonds. The van der Waals surface area contributed by atoms with Gasteiger partial charge in [-0.2, -0.15) is 0 Å². The van der Waals surface area contributed by atoms with E-state index in [1.54, 1.807) is 0 Å². The quantitative estimate of drug-likeness (QED) is 0.269. The summed E-state index contributed by atoms with van der Waals surface area (Å²) in [6.07, 6.45) is 6.61. The number of rotatable bonds is 6. The first-order valence-corrected chi connectivity index (χ1v) is 14.1. The van der Waals surface area contributed by atoms with Crippen LogP contribution in [-0.2, 0) is 40.9 Å². The van der Waals surface area contributed by atoms with Gasteiger partial charge in [0.2, 0.25) is 5.41 Å². The highest BCUT2D eigenvalue weighted by Gasteiger charge is 2.62. The van der Waals surface area contributed by atoms with Gasteiger partial charge >= 0.3 is 11.9 Å². The van der Waals surface area contributed by atoms with Crippen molar-refractivity contribution in [2.45, 2.75) is 69.6 Å². The standard InChI is InChI=1S/C26H35NO5Si/c1-10-25(5)17-26(22(28)30-6,23(29)31-7)21-19(15-16-32-33(8,9)24(2,3)4)18-13-11-12-14-20(18)27(21)25/h1,11-14H,15-17H2,2-9H3/t25-/m0/s1. The van der Waals surface area contributed by atoms with Crippen molar-refractivity contribution in [3.63, 3.8) is 0 Å². The van der Waals surface area contributed by atoms with Crippen LogP contribution in [-0.4, -0.2) is 45.6 Å². The smallest absolute Gasteiger partial charge is 0.329 e. The molecule has 1 aromatic carbocycles. The van der Waals surface area contributed by atoms with Crippen LogP contribution in [0.2, 0.25) is 18.1 Å². The number of para-hydroxylation sites is 1. The molecule has 0 saturated heterocycles. The Morgan fingerprint density at radius 2 is 1.73 bits per heavy atom. The molecule has 3 rings (SSSR count). The molecule has 0 unspecified atom stereocenters. The molecule has 2 aromatic rings. The minimum absolute atomic E-state index is 0.0711. The Balaban J connectivity index is 2.26. The maximum Gasteiger partial charge on any atom is 0.329 e. The fraction of sp³-hybridized carbons (Fsp3) is 0.538. The highest BCUT2D eigenvalue weighted by atomic mass is 28.4.